The Morgan fingerprint density at radius 2 is 2.00 bits per heavy atom. The first-order valence-corrected chi connectivity index (χ1v) is 6.88. The Balaban J connectivity index is 2.57. The number of hydrogen-bond donors (Lipinski definition) is 1. The molecule has 1 N–H and O–H groups in total. The van der Waals surface area contributed by atoms with Crippen LogP contribution in [0.25, 0.3) is 0 Å². The van der Waals surface area contributed by atoms with Gasteiger partial charge >= 0.3 is 0 Å². The Morgan fingerprint density at radius 3 is 2.50 bits per heavy atom. The molecule has 3 atom stereocenters. The van der Waals surface area contributed by atoms with Gasteiger partial charge in [-0.25, -0.2) is 0 Å². The SMILES string of the molecule is CCCC[C@]1(C)[C@H](/C=C(\C)CCC)[C@@H]1CO. The third kappa shape index (κ3) is 2.88. The van der Waals surface area contributed by atoms with E-state index in [1.165, 1.54) is 37.7 Å². The topological polar surface area (TPSA) is 20.2 Å². The molecule has 1 heteroatoms. The maximum Gasteiger partial charge on any atom is 0.0470 e. The van der Waals surface area contributed by atoms with E-state index in [0.29, 0.717) is 23.9 Å². The highest BCUT2D eigenvalue weighted by Crippen LogP contribution is 2.62. The zero-order chi connectivity index (χ0) is 12.2. The molecular formula is C15H28O. The number of hydrogen-bond acceptors (Lipinski definition) is 1. The highest BCUT2D eigenvalue weighted by atomic mass is 16.3. The summed E-state index contributed by atoms with van der Waals surface area (Å²) in [7, 11) is 0. The quantitative estimate of drug-likeness (QED) is 0.644. The summed E-state index contributed by atoms with van der Waals surface area (Å²) in [6.45, 7) is 9.41. The summed E-state index contributed by atoms with van der Waals surface area (Å²) < 4.78 is 0. The molecule has 0 saturated heterocycles. The standard InChI is InChI=1S/C15H28O/c1-5-7-9-15(4)13(14(15)11-16)10-12(3)8-6-2/h10,13-14,16H,5-9,11H2,1-4H3/b12-10+/t13-,14+,15-/m1/s1. The van der Waals surface area contributed by atoms with Crippen LogP contribution in [0.4, 0.5) is 0 Å². The van der Waals surface area contributed by atoms with Crippen molar-refractivity contribution < 1.29 is 5.11 Å². The van der Waals surface area contributed by atoms with Gasteiger partial charge in [0.15, 0.2) is 0 Å². The van der Waals surface area contributed by atoms with E-state index in [2.05, 4.69) is 33.8 Å². The predicted molar refractivity (Wildman–Crippen MR) is 70.4 cm³/mol. The average Bonchev–Trinajstić information content (AvgIpc) is 2.80. The molecule has 0 radical (unpaired) electrons. The minimum absolute atomic E-state index is 0.362. The monoisotopic (exact) mass is 224 g/mol. The van der Waals surface area contributed by atoms with E-state index >= 15 is 0 Å². The highest BCUT2D eigenvalue weighted by Gasteiger charge is 2.58. The predicted octanol–water partition coefficient (Wildman–Crippen LogP) is 4.17. The van der Waals surface area contributed by atoms with Crippen LogP contribution in [0.2, 0.25) is 0 Å². The van der Waals surface area contributed by atoms with Gasteiger partial charge in [0.2, 0.25) is 0 Å². The molecule has 0 aromatic rings. The van der Waals surface area contributed by atoms with Crippen molar-refractivity contribution in [3.63, 3.8) is 0 Å². The van der Waals surface area contributed by atoms with Gasteiger partial charge in [0, 0.05) is 6.61 Å². The molecule has 0 heterocycles. The summed E-state index contributed by atoms with van der Waals surface area (Å²) in [6.07, 6.45) is 8.70. The molecule has 0 unspecified atom stereocenters. The Bertz CT molecular complexity index is 244. The molecule has 0 bridgehead atoms. The molecule has 94 valence electrons. The molecule has 0 spiro atoms. The molecule has 16 heavy (non-hydrogen) atoms. The van der Waals surface area contributed by atoms with Gasteiger partial charge in [-0.05, 0) is 37.0 Å². The van der Waals surface area contributed by atoms with Gasteiger partial charge in [-0.1, -0.05) is 51.7 Å². The van der Waals surface area contributed by atoms with E-state index in [1.54, 1.807) is 0 Å². The van der Waals surface area contributed by atoms with E-state index < -0.39 is 0 Å². The summed E-state index contributed by atoms with van der Waals surface area (Å²) in [5.74, 6) is 1.15. The third-order valence-electron chi connectivity index (χ3n) is 4.31. The second-order valence-corrected chi connectivity index (χ2v) is 5.69. The van der Waals surface area contributed by atoms with Crippen molar-refractivity contribution in [2.45, 2.75) is 59.8 Å². The lowest BCUT2D eigenvalue weighted by atomic mass is 9.96. The van der Waals surface area contributed by atoms with Crippen molar-refractivity contribution in [3.05, 3.63) is 11.6 Å². The van der Waals surface area contributed by atoms with Crippen molar-refractivity contribution >= 4 is 0 Å². The van der Waals surface area contributed by atoms with E-state index in [0.717, 1.165) is 0 Å². The molecule has 0 aromatic heterocycles. The number of aliphatic hydroxyl groups is 1. The lowest BCUT2D eigenvalue weighted by molar-refractivity contribution is 0.248. The summed E-state index contributed by atoms with van der Waals surface area (Å²) in [4.78, 5) is 0. The number of aliphatic hydroxyl groups excluding tert-OH is 1. The van der Waals surface area contributed by atoms with Crippen molar-refractivity contribution in [2.75, 3.05) is 6.61 Å². The normalized spacial score (nSPS) is 34.2. The van der Waals surface area contributed by atoms with Crippen molar-refractivity contribution in [1.29, 1.82) is 0 Å². The van der Waals surface area contributed by atoms with Crippen LogP contribution in [-0.2, 0) is 0 Å². The Kier molecular flexibility index (Phi) is 5.04. The molecule has 1 aliphatic carbocycles. The molecule has 1 aliphatic rings. The van der Waals surface area contributed by atoms with Crippen molar-refractivity contribution in [3.8, 4) is 0 Å². The molecule has 0 aliphatic heterocycles. The Labute approximate surface area is 101 Å². The second-order valence-electron chi connectivity index (χ2n) is 5.69. The summed E-state index contributed by atoms with van der Waals surface area (Å²) in [5, 5.41) is 9.42. The zero-order valence-electron chi connectivity index (χ0n) is 11.4. The van der Waals surface area contributed by atoms with Gasteiger partial charge in [0.25, 0.3) is 0 Å². The fourth-order valence-corrected chi connectivity index (χ4v) is 3.02. The van der Waals surface area contributed by atoms with Gasteiger partial charge in [0.05, 0.1) is 0 Å². The van der Waals surface area contributed by atoms with Crippen LogP contribution in [0, 0.1) is 17.3 Å². The number of rotatable bonds is 7. The van der Waals surface area contributed by atoms with Gasteiger partial charge in [-0.2, -0.15) is 0 Å². The lowest BCUT2D eigenvalue weighted by Gasteiger charge is -2.09. The van der Waals surface area contributed by atoms with E-state index in [-0.39, 0.29) is 0 Å². The summed E-state index contributed by atoms with van der Waals surface area (Å²) in [5.41, 5.74) is 1.89. The Hall–Kier alpha value is -0.300. The smallest absolute Gasteiger partial charge is 0.0470 e. The largest absolute Gasteiger partial charge is 0.396 e. The van der Waals surface area contributed by atoms with Crippen molar-refractivity contribution in [2.24, 2.45) is 17.3 Å². The average molecular weight is 224 g/mol. The first kappa shape index (κ1) is 13.8. The van der Waals surface area contributed by atoms with E-state index in [1.807, 2.05) is 0 Å². The highest BCUT2D eigenvalue weighted by molar-refractivity contribution is 5.19. The van der Waals surface area contributed by atoms with Crippen LogP contribution in [0.15, 0.2) is 11.6 Å². The molecule has 1 rings (SSSR count). The van der Waals surface area contributed by atoms with Crippen LogP contribution in [0.3, 0.4) is 0 Å². The minimum atomic E-state index is 0.362. The van der Waals surface area contributed by atoms with Crippen LogP contribution >= 0.6 is 0 Å². The first-order valence-electron chi connectivity index (χ1n) is 6.88. The minimum Gasteiger partial charge on any atom is -0.396 e. The van der Waals surface area contributed by atoms with Gasteiger partial charge < -0.3 is 5.11 Å². The maximum atomic E-state index is 9.42. The number of allylic oxidation sites excluding steroid dienone is 2. The fourth-order valence-electron chi connectivity index (χ4n) is 3.02. The van der Waals surface area contributed by atoms with Crippen LogP contribution in [-0.4, -0.2) is 11.7 Å². The molecule has 0 aromatic carbocycles. The van der Waals surface area contributed by atoms with Crippen LogP contribution < -0.4 is 0 Å². The maximum absolute atomic E-state index is 9.42. The van der Waals surface area contributed by atoms with E-state index in [4.69, 9.17) is 0 Å². The van der Waals surface area contributed by atoms with Crippen molar-refractivity contribution in [1.82, 2.24) is 0 Å². The van der Waals surface area contributed by atoms with Gasteiger partial charge in [-0.15, -0.1) is 0 Å². The van der Waals surface area contributed by atoms with Gasteiger partial charge in [-0.3, -0.25) is 0 Å². The van der Waals surface area contributed by atoms with Gasteiger partial charge in [0.1, 0.15) is 0 Å². The third-order valence-corrected chi connectivity index (χ3v) is 4.31. The second kappa shape index (κ2) is 5.86. The van der Waals surface area contributed by atoms with E-state index in [9.17, 15) is 5.11 Å². The van der Waals surface area contributed by atoms with Crippen LogP contribution in [0.1, 0.15) is 59.8 Å². The lowest BCUT2D eigenvalue weighted by Crippen LogP contribution is -2.01. The molecule has 1 saturated carbocycles. The fraction of sp³-hybridized carbons (Fsp3) is 0.867. The molecular weight excluding hydrogens is 196 g/mol. The Morgan fingerprint density at radius 1 is 1.31 bits per heavy atom. The zero-order valence-corrected chi connectivity index (χ0v) is 11.4. The summed E-state index contributed by atoms with van der Waals surface area (Å²) in [6, 6.07) is 0. The number of unbranched alkanes of at least 4 members (excludes halogenated alkanes) is 1. The van der Waals surface area contributed by atoms with Crippen LogP contribution in [0.5, 0.6) is 0 Å². The first-order chi connectivity index (χ1) is 7.60. The molecule has 1 fully saturated rings. The molecule has 1 nitrogen and oxygen atoms in total. The molecule has 0 amide bonds. The summed E-state index contributed by atoms with van der Waals surface area (Å²) >= 11 is 0.